The topological polar surface area (TPSA) is 91.4 Å². The first-order valence-electron chi connectivity index (χ1n) is 10.5. The van der Waals surface area contributed by atoms with Crippen molar-refractivity contribution in [3.63, 3.8) is 0 Å². The Morgan fingerprint density at radius 2 is 1.81 bits per heavy atom. The highest BCUT2D eigenvalue weighted by atomic mass is 127. The fourth-order valence-electron chi connectivity index (χ4n) is 3.83. The third-order valence-corrected chi connectivity index (χ3v) is 6.43. The Morgan fingerprint density at radius 1 is 1.03 bits per heavy atom. The van der Waals surface area contributed by atoms with Gasteiger partial charge in [-0.3, -0.25) is 0 Å². The second-order valence-electron chi connectivity index (χ2n) is 7.94. The Kier molecular flexibility index (Phi) is 5.98. The van der Waals surface area contributed by atoms with E-state index in [9.17, 15) is 22.8 Å². The number of fused-ring (bicyclic) bond motifs is 1. The minimum absolute atomic E-state index is 0.0132. The lowest BCUT2D eigenvalue weighted by Crippen LogP contribution is -2.26. The number of hydrogen-bond acceptors (Lipinski definition) is 6. The molecule has 0 atom stereocenters. The first-order valence-corrected chi connectivity index (χ1v) is 11.6. The van der Waals surface area contributed by atoms with E-state index in [0.29, 0.717) is 27.1 Å². The number of carbonyl (C=O) groups excluding carboxylic acids is 1. The molecule has 0 fully saturated rings. The van der Waals surface area contributed by atoms with Gasteiger partial charge in [-0.1, -0.05) is 30.3 Å². The maximum Gasteiger partial charge on any atom is 0.418 e. The fraction of sp³-hybridized carbons (Fsp3) is 0.125. The van der Waals surface area contributed by atoms with Gasteiger partial charge in [-0.2, -0.15) is 22.5 Å². The Bertz CT molecular complexity index is 1610. The molecule has 2 heterocycles. The molecule has 4 aromatic rings. The van der Waals surface area contributed by atoms with Crippen molar-refractivity contribution in [1.82, 2.24) is 19.8 Å². The van der Waals surface area contributed by atoms with Gasteiger partial charge in [-0.05, 0) is 81.4 Å². The zero-order valence-corrected chi connectivity index (χ0v) is 20.6. The number of aryl methyl sites for hydroxylation is 1. The molecule has 182 valence electrons. The lowest BCUT2D eigenvalue weighted by atomic mass is 10.1. The van der Waals surface area contributed by atoms with E-state index in [-0.39, 0.29) is 12.4 Å². The van der Waals surface area contributed by atoms with E-state index in [1.165, 1.54) is 12.1 Å². The third-order valence-electron chi connectivity index (χ3n) is 5.53. The summed E-state index contributed by atoms with van der Waals surface area (Å²) in [6.07, 6.45) is -4.65. The van der Waals surface area contributed by atoms with Crippen LogP contribution in [0.4, 0.5) is 18.9 Å². The second kappa shape index (κ2) is 9.00. The summed E-state index contributed by atoms with van der Waals surface area (Å²) in [6.45, 7) is 1.79. The Balaban J connectivity index is 1.43. The van der Waals surface area contributed by atoms with Crippen molar-refractivity contribution in [3.05, 3.63) is 103 Å². The minimum atomic E-state index is -4.65. The number of para-hydroxylation sites is 1. The predicted molar refractivity (Wildman–Crippen MR) is 132 cm³/mol. The van der Waals surface area contributed by atoms with Crippen molar-refractivity contribution in [2.24, 2.45) is 4.99 Å². The van der Waals surface area contributed by atoms with E-state index in [4.69, 9.17) is 4.74 Å². The van der Waals surface area contributed by atoms with Crippen molar-refractivity contribution < 1.29 is 22.7 Å². The maximum atomic E-state index is 13.4. The van der Waals surface area contributed by atoms with Gasteiger partial charge in [0.25, 0.3) is 0 Å². The number of rotatable bonds is 4. The van der Waals surface area contributed by atoms with Crippen molar-refractivity contribution in [2.75, 3.05) is 0 Å². The third kappa shape index (κ3) is 4.32. The van der Waals surface area contributed by atoms with Crippen molar-refractivity contribution in [3.8, 4) is 5.69 Å². The van der Waals surface area contributed by atoms with Gasteiger partial charge < -0.3 is 4.74 Å². The Morgan fingerprint density at radius 3 is 2.56 bits per heavy atom. The monoisotopic (exact) mass is 605 g/mol. The van der Waals surface area contributed by atoms with E-state index in [2.05, 4.69) is 38.0 Å². The van der Waals surface area contributed by atoms with Crippen LogP contribution in [-0.4, -0.2) is 31.7 Å². The number of aromatic nitrogens is 4. The van der Waals surface area contributed by atoms with Gasteiger partial charge in [-0.15, -0.1) is 0 Å². The SMILES string of the molecule is Cc1cc(Cn2nnn(-c3ccccc3C(F)(F)F)c2=O)ccc1N=C1OC(=O)c2c(I)cccc21. The molecule has 12 heteroatoms. The molecular weight excluding hydrogens is 590 g/mol. The summed E-state index contributed by atoms with van der Waals surface area (Å²) in [5.41, 5.74) is 0.845. The van der Waals surface area contributed by atoms with Gasteiger partial charge >= 0.3 is 17.8 Å². The number of halogens is 4. The van der Waals surface area contributed by atoms with E-state index < -0.39 is 29.1 Å². The summed E-state index contributed by atoms with van der Waals surface area (Å²) < 4.78 is 47.8. The Hall–Kier alpha value is -3.81. The molecule has 5 rings (SSSR count). The number of alkyl halides is 3. The van der Waals surface area contributed by atoms with Crippen LogP contribution in [0.5, 0.6) is 0 Å². The zero-order valence-electron chi connectivity index (χ0n) is 18.5. The molecule has 0 saturated carbocycles. The summed E-state index contributed by atoms with van der Waals surface area (Å²) in [7, 11) is 0. The lowest BCUT2D eigenvalue weighted by Gasteiger charge is -2.10. The zero-order chi connectivity index (χ0) is 25.6. The van der Waals surface area contributed by atoms with Gasteiger partial charge in [0.2, 0.25) is 5.90 Å². The van der Waals surface area contributed by atoms with Crippen LogP contribution in [0, 0.1) is 10.5 Å². The fourth-order valence-corrected chi connectivity index (χ4v) is 4.55. The summed E-state index contributed by atoms with van der Waals surface area (Å²) in [6, 6.07) is 15.2. The van der Waals surface area contributed by atoms with Gasteiger partial charge in [0.1, 0.15) is 0 Å². The van der Waals surface area contributed by atoms with Crippen LogP contribution in [0.1, 0.15) is 32.6 Å². The van der Waals surface area contributed by atoms with Crippen LogP contribution in [0.3, 0.4) is 0 Å². The van der Waals surface area contributed by atoms with Crippen LogP contribution in [0.25, 0.3) is 5.69 Å². The van der Waals surface area contributed by atoms with Crippen molar-refractivity contribution in [1.29, 1.82) is 0 Å². The average molecular weight is 605 g/mol. The number of aliphatic imine (C=N–C) groups is 1. The van der Waals surface area contributed by atoms with Gasteiger partial charge in [-0.25, -0.2) is 14.6 Å². The average Bonchev–Trinajstić information content (AvgIpc) is 3.35. The lowest BCUT2D eigenvalue weighted by molar-refractivity contribution is -0.137. The molecule has 0 N–H and O–H groups in total. The van der Waals surface area contributed by atoms with Crippen LogP contribution >= 0.6 is 22.6 Å². The molecule has 1 aliphatic rings. The molecule has 8 nitrogen and oxygen atoms in total. The number of hydrogen-bond donors (Lipinski definition) is 0. The van der Waals surface area contributed by atoms with Crippen LogP contribution in [0.15, 0.2) is 70.5 Å². The molecule has 0 aliphatic carbocycles. The van der Waals surface area contributed by atoms with Crippen molar-refractivity contribution in [2.45, 2.75) is 19.6 Å². The molecule has 0 radical (unpaired) electrons. The molecular formula is C24H15F3IN5O3. The Labute approximate surface area is 215 Å². The molecule has 1 aliphatic heterocycles. The number of esters is 1. The summed E-state index contributed by atoms with van der Waals surface area (Å²) >= 11 is 2.07. The van der Waals surface area contributed by atoms with Gasteiger partial charge in [0.05, 0.1) is 34.6 Å². The number of ether oxygens (including phenoxy) is 1. The number of carbonyl (C=O) groups is 1. The van der Waals surface area contributed by atoms with Gasteiger partial charge in [0.15, 0.2) is 0 Å². The van der Waals surface area contributed by atoms with Gasteiger partial charge in [0, 0.05) is 3.57 Å². The molecule has 0 saturated heterocycles. The highest BCUT2D eigenvalue weighted by Gasteiger charge is 2.34. The standard InChI is InChI=1S/C24H15F3IN5O3/c1-13-11-14(9-10-18(13)29-21-15-5-4-7-17(28)20(15)22(34)36-21)12-32-23(35)33(31-30-32)19-8-3-2-6-16(19)24(25,26)27/h2-11H,12H2,1H3. The molecule has 0 bridgehead atoms. The normalized spacial score (nSPS) is 14.2. The number of benzene rings is 3. The smallest absolute Gasteiger partial charge is 0.403 e. The number of tetrazole rings is 1. The van der Waals surface area contributed by atoms with E-state index in [1.54, 1.807) is 31.2 Å². The summed E-state index contributed by atoms with van der Waals surface area (Å²) in [5.74, 6) is -0.260. The summed E-state index contributed by atoms with van der Waals surface area (Å²) in [4.78, 5) is 29.5. The number of cyclic esters (lactones) is 1. The van der Waals surface area contributed by atoms with E-state index in [0.717, 1.165) is 25.9 Å². The highest BCUT2D eigenvalue weighted by molar-refractivity contribution is 14.1. The van der Waals surface area contributed by atoms with Crippen molar-refractivity contribution >= 4 is 40.1 Å². The first kappa shape index (κ1) is 23.9. The molecule has 0 amide bonds. The van der Waals surface area contributed by atoms with Crippen LogP contribution in [-0.2, 0) is 17.5 Å². The van der Waals surface area contributed by atoms with Crippen LogP contribution in [0.2, 0.25) is 0 Å². The quantitative estimate of drug-likeness (QED) is 0.250. The second-order valence-corrected chi connectivity index (χ2v) is 9.10. The first-order chi connectivity index (χ1) is 17.1. The van der Waals surface area contributed by atoms with E-state index >= 15 is 0 Å². The van der Waals surface area contributed by atoms with Crippen LogP contribution < -0.4 is 5.69 Å². The van der Waals surface area contributed by atoms with E-state index in [1.807, 2.05) is 12.1 Å². The maximum absolute atomic E-state index is 13.4. The summed E-state index contributed by atoms with van der Waals surface area (Å²) in [5, 5.41) is 7.40. The molecule has 0 unspecified atom stereocenters. The molecule has 36 heavy (non-hydrogen) atoms. The number of nitrogens with zero attached hydrogens (tertiary/aromatic N) is 5. The molecule has 1 aromatic heterocycles. The largest absolute Gasteiger partial charge is 0.418 e. The molecule has 3 aromatic carbocycles. The predicted octanol–water partition coefficient (Wildman–Crippen LogP) is 4.66. The molecule has 0 spiro atoms. The highest BCUT2D eigenvalue weighted by Crippen LogP contribution is 2.33. The minimum Gasteiger partial charge on any atom is -0.403 e.